The summed E-state index contributed by atoms with van der Waals surface area (Å²) in [6.45, 7) is 0. The fourth-order valence-electron chi connectivity index (χ4n) is 9.04. The topological polar surface area (TPSA) is 13.1 Å². The zero-order valence-corrected chi connectivity index (χ0v) is 27.9. The van der Waals surface area contributed by atoms with Crippen molar-refractivity contribution in [3.63, 3.8) is 0 Å². The highest BCUT2D eigenvalue weighted by Crippen LogP contribution is 2.56. The number of aromatic nitrogens is 2. The largest absolute Gasteiger partial charge is 0.313 e. The molecule has 2 aliphatic rings. The third-order valence-corrected chi connectivity index (χ3v) is 11.1. The molecule has 2 atom stereocenters. The summed E-state index contributed by atoms with van der Waals surface area (Å²) in [5.74, 6) is 0.383. The van der Waals surface area contributed by atoms with E-state index in [1.165, 1.54) is 83.2 Å². The number of anilines is 2. The van der Waals surface area contributed by atoms with Crippen molar-refractivity contribution in [3.05, 3.63) is 205 Å². The fourth-order valence-corrected chi connectivity index (χ4v) is 9.04. The van der Waals surface area contributed by atoms with Crippen molar-refractivity contribution in [2.24, 2.45) is 0 Å². The summed E-state index contributed by atoms with van der Waals surface area (Å²) in [5.41, 5.74) is 13.8. The van der Waals surface area contributed by atoms with Gasteiger partial charge in [0, 0.05) is 61.8 Å². The van der Waals surface area contributed by atoms with Crippen LogP contribution in [0.15, 0.2) is 194 Å². The van der Waals surface area contributed by atoms with Gasteiger partial charge < -0.3 is 14.0 Å². The first-order valence-corrected chi connectivity index (χ1v) is 17.8. The third-order valence-electron chi connectivity index (χ3n) is 11.1. The summed E-state index contributed by atoms with van der Waals surface area (Å²) in [6, 6.07) is 62.1. The Balaban J connectivity index is 1.12. The Bertz CT molecular complexity index is 2870. The van der Waals surface area contributed by atoms with Gasteiger partial charge in [0.15, 0.2) is 0 Å². The number of rotatable bonds is 4. The molecule has 3 heteroatoms. The molecule has 0 fully saturated rings. The molecule has 3 nitrogen and oxygen atoms in total. The van der Waals surface area contributed by atoms with Crippen LogP contribution < -0.4 is 4.90 Å². The lowest BCUT2D eigenvalue weighted by atomic mass is 9.77. The Morgan fingerprint density at radius 1 is 0.412 bits per heavy atom. The number of benzene rings is 7. The molecule has 1 aliphatic heterocycles. The van der Waals surface area contributed by atoms with E-state index < -0.39 is 0 Å². The van der Waals surface area contributed by atoms with E-state index in [0.717, 1.165) is 0 Å². The van der Waals surface area contributed by atoms with Crippen LogP contribution >= 0.6 is 0 Å². The molecule has 9 aromatic rings. The van der Waals surface area contributed by atoms with Crippen LogP contribution in [-0.2, 0) is 0 Å². The molecule has 0 N–H and O–H groups in total. The molecule has 3 heterocycles. The average Bonchev–Trinajstić information content (AvgIpc) is 3.84. The molecule has 0 spiro atoms. The Morgan fingerprint density at radius 2 is 1.02 bits per heavy atom. The van der Waals surface area contributed by atoms with E-state index in [0.29, 0.717) is 0 Å². The van der Waals surface area contributed by atoms with E-state index in [9.17, 15) is 0 Å². The second-order valence-electron chi connectivity index (χ2n) is 13.7. The lowest BCUT2D eigenvalue weighted by Gasteiger charge is -2.29. The van der Waals surface area contributed by atoms with Crippen LogP contribution in [0.1, 0.15) is 23.0 Å². The Morgan fingerprint density at radius 3 is 1.84 bits per heavy atom. The zero-order valence-electron chi connectivity index (χ0n) is 27.9. The first-order chi connectivity index (χ1) is 25.3. The van der Waals surface area contributed by atoms with Gasteiger partial charge in [-0.2, -0.15) is 0 Å². The molecule has 1 aliphatic carbocycles. The molecule has 240 valence electrons. The average molecular weight is 652 g/mol. The SMILES string of the molecule is C1=CC(c2cccc3c2c2ccccc2n3-c2ccc3c(c2)c2ccccc2n3-c2ccccc2)C2C(=C1)N(c1ccccc1)c1ccccc12. The second kappa shape index (κ2) is 11.0. The van der Waals surface area contributed by atoms with Crippen molar-refractivity contribution < 1.29 is 0 Å². The third kappa shape index (κ3) is 4.06. The van der Waals surface area contributed by atoms with Crippen molar-refractivity contribution in [1.29, 1.82) is 0 Å². The van der Waals surface area contributed by atoms with Gasteiger partial charge in [-0.3, -0.25) is 0 Å². The van der Waals surface area contributed by atoms with Crippen LogP contribution in [0.4, 0.5) is 11.4 Å². The summed E-state index contributed by atoms with van der Waals surface area (Å²) in [4.78, 5) is 2.46. The first kappa shape index (κ1) is 28.3. The number of hydrogen-bond donors (Lipinski definition) is 0. The Kier molecular flexibility index (Phi) is 6.08. The van der Waals surface area contributed by atoms with Crippen molar-refractivity contribution in [2.45, 2.75) is 11.8 Å². The van der Waals surface area contributed by atoms with Crippen LogP contribution in [0.3, 0.4) is 0 Å². The molecule has 2 aromatic heterocycles. The quantitative estimate of drug-likeness (QED) is 0.185. The number of hydrogen-bond acceptors (Lipinski definition) is 1. The number of nitrogens with zero attached hydrogens (tertiary/aromatic N) is 3. The molecule has 0 saturated heterocycles. The molecule has 0 bridgehead atoms. The van der Waals surface area contributed by atoms with Gasteiger partial charge in [-0.05, 0) is 83.9 Å². The predicted octanol–water partition coefficient (Wildman–Crippen LogP) is 12.4. The standard InChI is InChI=1S/C48H33N3/c1-3-15-32(16-4-1)49-41-24-10-7-19-35(41)40-31-34(29-30-44(40)49)51-43-26-12-9-21-39(43)48-37(23-14-28-46(48)51)36-22-13-27-45-47(36)38-20-8-11-25-42(38)50(45)33-17-5-2-6-18-33/h1-31,36,47H. The number of para-hydroxylation sites is 5. The van der Waals surface area contributed by atoms with Crippen LogP contribution in [0.5, 0.6) is 0 Å². The van der Waals surface area contributed by atoms with E-state index >= 15 is 0 Å². The molecule has 2 unspecified atom stereocenters. The highest BCUT2D eigenvalue weighted by molar-refractivity contribution is 6.13. The lowest BCUT2D eigenvalue weighted by Crippen LogP contribution is -2.18. The summed E-state index contributed by atoms with van der Waals surface area (Å²) < 4.78 is 4.86. The van der Waals surface area contributed by atoms with E-state index in [2.05, 4.69) is 202 Å². The summed E-state index contributed by atoms with van der Waals surface area (Å²) >= 11 is 0. The monoisotopic (exact) mass is 651 g/mol. The molecule has 0 amide bonds. The van der Waals surface area contributed by atoms with Gasteiger partial charge in [-0.1, -0.05) is 115 Å². The van der Waals surface area contributed by atoms with Gasteiger partial charge in [0.25, 0.3) is 0 Å². The lowest BCUT2D eigenvalue weighted by molar-refractivity contribution is 0.712. The van der Waals surface area contributed by atoms with Crippen molar-refractivity contribution in [2.75, 3.05) is 4.90 Å². The van der Waals surface area contributed by atoms with Gasteiger partial charge in [0.05, 0.1) is 22.1 Å². The van der Waals surface area contributed by atoms with Gasteiger partial charge in [0.1, 0.15) is 0 Å². The maximum Gasteiger partial charge on any atom is 0.0544 e. The molecular formula is C48H33N3. The van der Waals surface area contributed by atoms with Gasteiger partial charge in [-0.15, -0.1) is 0 Å². The zero-order chi connectivity index (χ0) is 33.5. The van der Waals surface area contributed by atoms with Crippen LogP contribution in [-0.4, -0.2) is 9.13 Å². The minimum Gasteiger partial charge on any atom is -0.313 e. The van der Waals surface area contributed by atoms with E-state index in [4.69, 9.17) is 0 Å². The van der Waals surface area contributed by atoms with Gasteiger partial charge in [0.2, 0.25) is 0 Å². The number of fused-ring (bicyclic) bond motifs is 9. The molecule has 7 aromatic carbocycles. The van der Waals surface area contributed by atoms with Gasteiger partial charge >= 0.3 is 0 Å². The minimum atomic E-state index is 0.175. The molecule has 0 radical (unpaired) electrons. The van der Waals surface area contributed by atoms with Crippen LogP contribution in [0, 0.1) is 0 Å². The normalized spacial score (nSPS) is 16.6. The maximum absolute atomic E-state index is 2.48. The van der Waals surface area contributed by atoms with E-state index in [1.807, 2.05) is 0 Å². The Hall–Kier alpha value is -6.58. The molecule has 11 rings (SSSR count). The van der Waals surface area contributed by atoms with Crippen molar-refractivity contribution in [1.82, 2.24) is 9.13 Å². The fraction of sp³-hybridized carbons (Fsp3) is 0.0417. The highest BCUT2D eigenvalue weighted by Gasteiger charge is 2.40. The van der Waals surface area contributed by atoms with E-state index in [-0.39, 0.29) is 11.8 Å². The summed E-state index contributed by atoms with van der Waals surface area (Å²) in [7, 11) is 0. The van der Waals surface area contributed by atoms with Gasteiger partial charge in [-0.25, -0.2) is 0 Å². The van der Waals surface area contributed by atoms with Crippen LogP contribution in [0.25, 0.3) is 55.0 Å². The molecular weight excluding hydrogens is 619 g/mol. The molecule has 0 saturated carbocycles. The summed E-state index contributed by atoms with van der Waals surface area (Å²) in [6.07, 6.45) is 7.01. The van der Waals surface area contributed by atoms with Crippen LogP contribution in [0.2, 0.25) is 0 Å². The second-order valence-corrected chi connectivity index (χ2v) is 13.7. The van der Waals surface area contributed by atoms with E-state index in [1.54, 1.807) is 0 Å². The highest BCUT2D eigenvalue weighted by atomic mass is 15.2. The minimum absolute atomic E-state index is 0.175. The predicted molar refractivity (Wildman–Crippen MR) is 213 cm³/mol. The molecule has 51 heavy (non-hydrogen) atoms. The first-order valence-electron chi connectivity index (χ1n) is 17.8. The number of allylic oxidation sites excluding steroid dienone is 4. The smallest absolute Gasteiger partial charge is 0.0544 e. The maximum atomic E-state index is 2.48. The Labute approximate surface area is 296 Å². The summed E-state index contributed by atoms with van der Waals surface area (Å²) in [5, 5.41) is 5.12. The van der Waals surface area contributed by atoms with Crippen molar-refractivity contribution >= 4 is 55.0 Å². The van der Waals surface area contributed by atoms with Crippen molar-refractivity contribution in [3.8, 4) is 11.4 Å².